The minimum absolute atomic E-state index is 0.942. The highest BCUT2D eigenvalue weighted by atomic mass is 15.2. The molecule has 1 nitrogen and oxygen atoms in total. The first-order chi connectivity index (χ1) is 5.75. The molecule has 0 aromatic carbocycles. The van der Waals surface area contributed by atoms with Crippen molar-refractivity contribution in [1.29, 1.82) is 0 Å². The number of rotatable bonds is 0. The van der Waals surface area contributed by atoms with Gasteiger partial charge in [-0.3, -0.25) is 0 Å². The van der Waals surface area contributed by atoms with E-state index in [9.17, 15) is 0 Å². The normalized spacial score (nSPS) is 44.0. The van der Waals surface area contributed by atoms with Crippen LogP contribution in [0.15, 0.2) is 0 Å². The molecule has 0 radical (unpaired) electrons. The second-order valence-electron chi connectivity index (χ2n) is 4.95. The summed E-state index contributed by atoms with van der Waals surface area (Å²) in [5, 5.41) is 0. The quantitative estimate of drug-likeness (QED) is 0.536. The molecular weight excluding hydrogens is 146 g/mol. The average Bonchev–Trinajstić information content (AvgIpc) is 2.03. The van der Waals surface area contributed by atoms with E-state index in [-0.39, 0.29) is 0 Å². The second kappa shape index (κ2) is 3.37. The van der Waals surface area contributed by atoms with Gasteiger partial charge in [-0.05, 0) is 50.6 Å². The lowest BCUT2D eigenvalue weighted by atomic mass is 9.83. The Labute approximate surface area is 76.1 Å². The van der Waals surface area contributed by atoms with Gasteiger partial charge in [0.1, 0.15) is 0 Å². The van der Waals surface area contributed by atoms with Crippen LogP contribution < -0.4 is 0 Å². The molecule has 0 N–H and O–H groups in total. The smallest absolute Gasteiger partial charge is 0.0100 e. The third-order valence-electron chi connectivity index (χ3n) is 3.68. The van der Waals surface area contributed by atoms with Crippen LogP contribution in [0.1, 0.15) is 39.5 Å². The predicted octanol–water partition coefficient (Wildman–Crippen LogP) is 2.52. The maximum atomic E-state index is 2.72. The molecule has 0 amide bonds. The molecule has 0 aliphatic carbocycles. The van der Waals surface area contributed by atoms with Gasteiger partial charge in [-0.15, -0.1) is 0 Å². The first-order valence-corrected chi connectivity index (χ1v) is 5.49. The fraction of sp³-hybridized carbons (Fsp3) is 1.00. The SMILES string of the molecule is CC1CCN2CCC(C)CC2C1. The van der Waals surface area contributed by atoms with Gasteiger partial charge in [0.15, 0.2) is 0 Å². The predicted molar refractivity (Wildman–Crippen MR) is 52.2 cm³/mol. The van der Waals surface area contributed by atoms with Crippen LogP contribution in [0.5, 0.6) is 0 Å². The Bertz CT molecular complexity index is 139. The van der Waals surface area contributed by atoms with Gasteiger partial charge in [-0.2, -0.15) is 0 Å². The average molecular weight is 167 g/mol. The summed E-state index contributed by atoms with van der Waals surface area (Å²) in [6.07, 6.45) is 5.80. The molecule has 2 atom stereocenters. The summed E-state index contributed by atoms with van der Waals surface area (Å²) in [6.45, 7) is 7.57. The van der Waals surface area contributed by atoms with E-state index in [4.69, 9.17) is 0 Å². The highest BCUT2D eigenvalue weighted by molar-refractivity contribution is 4.85. The molecule has 2 unspecified atom stereocenters. The van der Waals surface area contributed by atoms with E-state index in [0.717, 1.165) is 17.9 Å². The van der Waals surface area contributed by atoms with Gasteiger partial charge >= 0.3 is 0 Å². The second-order valence-corrected chi connectivity index (χ2v) is 4.95. The topological polar surface area (TPSA) is 3.24 Å². The fourth-order valence-electron chi connectivity index (χ4n) is 2.81. The first kappa shape index (κ1) is 8.55. The number of piperidine rings is 2. The summed E-state index contributed by atoms with van der Waals surface area (Å²) < 4.78 is 0. The maximum Gasteiger partial charge on any atom is 0.0100 e. The van der Waals surface area contributed by atoms with Gasteiger partial charge in [-0.1, -0.05) is 13.8 Å². The van der Waals surface area contributed by atoms with Crippen molar-refractivity contribution in [2.45, 2.75) is 45.6 Å². The summed E-state index contributed by atoms with van der Waals surface area (Å²) >= 11 is 0. The van der Waals surface area contributed by atoms with Crippen LogP contribution in [-0.4, -0.2) is 24.0 Å². The van der Waals surface area contributed by atoms with Gasteiger partial charge in [-0.25, -0.2) is 0 Å². The van der Waals surface area contributed by atoms with Gasteiger partial charge in [0.05, 0.1) is 0 Å². The maximum absolute atomic E-state index is 2.72. The molecular formula is C11H21N. The molecule has 2 rings (SSSR count). The minimum Gasteiger partial charge on any atom is -0.300 e. The largest absolute Gasteiger partial charge is 0.300 e. The lowest BCUT2D eigenvalue weighted by molar-refractivity contribution is 0.0625. The van der Waals surface area contributed by atoms with E-state index in [2.05, 4.69) is 18.7 Å². The monoisotopic (exact) mass is 167 g/mol. The van der Waals surface area contributed by atoms with E-state index in [1.807, 2.05) is 0 Å². The summed E-state index contributed by atoms with van der Waals surface area (Å²) in [4.78, 5) is 2.72. The van der Waals surface area contributed by atoms with E-state index >= 15 is 0 Å². The van der Waals surface area contributed by atoms with E-state index in [1.54, 1.807) is 0 Å². The Hall–Kier alpha value is -0.0400. The fourth-order valence-corrected chi connectivity index (χ4v) is 2.81. The zero-order valence-electron chi connectivity index (χ0n) is 8.42. The molecule has 0 saturated carbocycles. The van der Waals surface area contributed by atoms with E-state index < -0.39 is 0 Å². The van der Waals surface area contributed by atoms with Crippen LogP contribution in [0.2, 0.25) is 0 Å². The Morgan fingerprint density at radius 2 is 1.42 bits per heavy atom. The summed E-state index contributed by atoms with van der Waals surface area (Å²) in [6, 6.07) is 0.942. The molecule has 0 spiro atoms. The first-order valence-electron chi connectivity index (χ1n) is 5.49. The highest BCUT2D eigenvalue weighted by Crippen LogP contribution is 2.31. The molecule has 2 fully saturated rings. The lowest BCUT2D eigenvalue weighted by Gasteiger charge is -2.43. The summed E-state index contributed by atoms with van der Waals surface area (Å²) in [5.74, 6) is 1.97. The van der Waals surface area contributed by atoms with Crippen molar-refractivity contribution in [2.24, 2.45) is 11.8 Å². The van der Waals surface area contributed by atoms with Crippen molar-refractivity contribution >= 4 is 0 Å². The Balaban J connectivity index is 1.94. The summed E-state index contributed by atoms with van der Waals surface area (Å²) in [7, 11) is 0. The third-order valence-corrected chi connectivity index (χ3v) is 3.68. The van der Waals surface area contributed by atoms with Crippen molar-refractivity contribution in [3.05, 3.63) is 0 Å². The van der Waals surface area contributed by atoms with Gasteiger partial charge in [0.2, 0.25) is 0 Å². The molecule has 12 heavy (non-hydrogen) atoms. The molecule has 2 heterocycles. The molecule has 70 valence electrons. The lowest BCUT2D eigenvalue weighted by Crippen LogP contribution is -2.46. The Morgan fingerprint density at radius 3 is 1.92 bits per heavy atom. The van der Waals surface area contributed by atoms with Crippen LogP contribution in [-0.2, 0) is 0 Å². The third kappa shape index (κ3) is 1.66. The van der Waals surface area contributed by atoms with Crippen molar-refractivity contribution < 1.29 is 0 Å². The summed E-state index contributed by atoms with van der Waals surface area (Å²) in [5.41, 5.74) is 0. The molecule has 0 aromatic heterocycles. The molecule has 0 bridgehead atoms. The van der Waals surface area contributed by atoms with Crippen LogP contribution in [0.25, 0.3) is 0 Å². The Kier molecular flexibility index (Phi) is 2.40. The van der Waals surface area contributed by atoms with Gasteiger partial charge in [0, 0.05) is 6.04 Å². The van der Waals surface area contributed by atoms with Crippen molar-refractivity contribution in [1.82, 2.24) is 4.90 Å². The standard InChI is InChI=1S/C11H21N/c1-9-3-5-12-6-4-10(2)8-11(12)7-9/h9-11H,3-8H2,1-2H3. The van der Waals surface area contributed by atoms with Crippen molar-refractivity contribution in [3.63, 3.8) is 0 Å². The molecule has 2 aliphatic heterocycles. The number of nitrogens with zero attached hydrogens (tertiary/aromatic N) is 1. The molecule has 0 aromatic rings. The van der Waals surface area contributed by atoms with Crippen LogP contribution in [0.3, 0.4) is 0 Å². The van der Waals surface area contributed by atoms with Crippen LogP contribution in [0.4, 0.5) is 0 Å². The molecule has 2 saturated heterocycles. The number of hydrogen-bond donors (Lipinski definition) is 0. The van der Waals surface area contributed by atoms with Crippen molar-refractivity contribution in [3.8, 4) is 0 Å². The zero-order chi connectivity index (χ0) is 8.55. The number of fused-ring (bicyclic) bond motifs is 1. The molecule has 1 heteroatoms. The van der Waals surface area contributed by atoms with Gasteiger partial charge in [0.25, 0.3) is 0 Å². The van der Waals surface area contributed by atoms with Gasteiger partial charge < -0.3 is 4.90 Å². The van der Waals surface area contributed by atoms with E-state index in [1.165, 1.54) is 38.8 Å². The minimum atomic E-state index is 0.942. The molecule has 2 aliphatic rings. The highest BCUT2D eigenvalue weighted by Gasteiger charge is 2.30. The Morgan fingerprint density at radius 1 is 0.917 bits per heavy atom. The number of hydrogen-bond acceptors (Lipinski definition) is 1. The van der Waals surface area contributed by atoms with Crippen LogP contribution in [0, 0.1) is 11.8 Å². The van der Waals surface area contributed by atoms with Crippen LogP contribution >= 0.6 is 0 Å². The van der Waals surface area contributed by atoms with Crippen molar-refractivity contribution in [2.75, 3.05) is 13.1 Å². The van der Waals surface area contributed by atoms with E-state index in [0.29, 0.717) is 0 Å². The zero-order valence-corrected chi connectivity index (χ0v) is 8.42.